The maximum Gasteiger partial charge on any atom is 0.255 e. The third-order valence-electron chi connectivity index (χ3n) is 4.58. The maximum absolute atomic E-state index is 13.1. The quantitative estimate of drug-likeness (QED) is 0.357. The van der Waals surface area contributed by atoms with E-state index in [9.17, 15) is 13.2 Å². The number of carbonyl (C=O) groups excluding carboxylic acids is 1. The molecule has 32 heavy (non-hydrogen) atoms. The van der Waals surface area contributed by atoms with Crippen LogP contribution in [0.25, 0.3) is 0 Å². The van der Waals surface area contributed by atoms with Crippen LogP contribution in [0, 0.1) is 0 Å². The highest BCUT2D eigenvalue weighted by atomic mass is 35.5. The molecule has 9 heteroatoms. The lowest BCUT2D eigenvalue weighted by Gasteiger charge is -2.21. The number of halogens is 2. The Labute approximate surface area is 197 Å². The van der Waals surface area contributed by atoms with Crippen LogP contribution in [0.3, 0.4) is 0 Å². The standard InChI is InChI=1S/C23H21Cl2N3O3S/c24-21-12-7-13-22(25)20(21)16-26-27-23(29)17-28(15-14-18-8-3-1-4-9-18)32(30,31)19-10-5-2-6-11-19/h1-13,16H,14-15,17H2,(H,27,29)/b26-16+. The molecule has 0 saturated heterocycles. The topological polar surface area (TPSA) is 78.8 Å². The largest absolute Gasteiger partial charge is 0.272 e. The number of amides is 1. The highest BCUT2D eigenvalue weighted by Gasteiger charge is 2.26. The maximum atomic E-state index is 13.1. The minimum absolute atomic E-state index is 0.118. The number of hydrazone groups is 1. The van der Waals surface area contributed by atoms with Gasteiger partial charge in [-0.25, -0.2) is 13.8 Å². The molecule has 0 bridgehead atoms. The van der Waals surface area contributed by atoms with Crippen LogP contribution < -0.4 is 5.43 Å². The summed E-state index contributed by atoms with van der Waals surface area (Å²) >= 11 is 12.2. The molecule has 0 aliphatic rings. The van der Waals surface area contributed by atoms with Crippen molar-refractivity contribution in [2.75, 3.05) is 13.1 Å². The number of carbonyl (C=O) groups is 1. The molecule has 3 rings (SSSR count). The van der Waals surface area contributed by atoms with Crippen LogP contribution in [0.5, 0.6) is 0 Å². The van der Waals surface area contributed by atoms with Gasteiger partial charge in [0.1, 0.15) is 0 Å². The van der Waals surface area contributed by atoms with Crippen molar-refractivity contribution in [3.05, 3.63) is 100 Å². The Hall–Kier alpha value is -2.71. The summed E-state index contributed by atoms with van der Waals surface area (Å²) in [6.45, 7) is -0.258. The number of rotatable bonds is 9. The predicted molar refractivity (Wildman–Crippen MR) is 128 cm³/mol. The molecule has 6 nitrogen and oxygen atoms in total. The minimum atomic E-state index is -3.88. The first kappa shape index (κ1) is 23.9. The molecule has 0 saturated carbocycles. The van der Waals surface area contributed by atoms with Crippen molar-refractivity contribution in [1.29, 1.82) is 0 Å². The normalized spacial score (nSPS) is 11.7. The molecule has 0 spiro atoms. The summed E-state index contributed by atoms with van der Waals surface area (Å²) in [5, 5.41) is 4.64. The van der Waals surface area contributed by atoms with E-state index in [-0.39, 0.29) is 11.4 Å². The number of nitrogens with zero attached hydrogens (tertiary/aromatic N) is 2. The van der Waals surface area contributed by atoms with Crippen LogP contribution >= 0.6 is 23.2 Å². The van der Waals surface area contributed by atoms with Crippen LogP contribution in [0.4, 0.5) is 0 Å². The summed E-state index contributed by atoms with van der Waals surface area (Å²) in [5.41, 5.74) is 3.76. The Balaban J connectivity index is 1.74. The van der Waals surface area contributed by atoms with Gasteiger partial charge in [0.25, 0.3) is 5.91 Å². The fourth-order valence-corrected chi connectivity index (χ4v) is 4.84. The summed E-state index contributed by atoms with van der Waals surface area (Å²) < 4.78 is 27.4. The molecular formula is C23H21Cl2N3O3S. The Morgan fingerprint density at radius 1 is 0.906 bits per heavy atom. The van der Waals surface area contributed by atoms with Gasteiger partial charge in [0, 0.05) is 12.1 Å². The van der Waals surface area contributed by atoms with Crippen LogP contribution in [0.2, 0.25) is 10.0 Å². The highest BCUT2D eigenvalue weighted by Crippen LogP contribution is 2.22. The molecular weight excluding hydrogens is 469 g/mol. The van der Waals surface area contributed by atoms with Gasteiger partial charge in [-0.15, -0.1) is 0 Å². The van der Waals surface area contributed by atoms with Crippen LogP contribution in [-0.4, -0.2) is 37.9 Å². The summed E-state index contributed by atoms with van der Waals surface area (Å²) in [6, 6.07) is 22.5. The number of benzene rings is 3. The van der Waals surface area contributed by atoms with Gasteiger partial charge in [0.2, 0.25) is 10.0 Å². The average Bonchev–Trinajstić information content (AvgIpc) is 2.79. The van der Waals surface area contributed by atoms with E-state index in [1.165, 1.54) is 18.3 Å². The molecule has 0 aliphatic heterocycles. The lowest BCUT2D eigenvalue weighted by Crippen LogP contribution is -2.40. The van der Waals surface area contributed by atoms with Crippen LogP contribution in [0.15, 0.2) is 88.9 Å². The van der Waals surface area contributed by atoms with Gasteiger partial charge in [-0.1, -0.05) is 77.8 Å². The molecule has 3 aromatic carbocycles. The molecule has 0 aromatic heterocycles. The lowest BCUT2D eigenvalue weighted by molar-refractivity contribution is -0.121. The van der Waals surface area contributed by atoms with Gasteiger partial charge in [-0.2, -0.15) is 9.41 Å². The third-order valence-corrected chi connectivity index (χ3v) is 7.09. The molecule has 166 valence electrons. The molecule has 3 aromatic rings. The van der Waals surface area contributed by atoms with E-state index in [0.29, 0.717) is 22.0 Å². The smallest absolute Gasteiger partial charge is 0.255 e. The van der Waals surface area contributed by atoms with Gasteiger partial charge < -0.3 is 0 Å². The van der Waals surface area contributed by atoms with Gasteiger partial charge >= 0.3 is 0 Å². The van der Waals surface area contributed by atoms with Gasteiger partial charge in [-0.05, 0) is 36.2 Å². The van der Waals surface area contributed by atoms with E-state index in [2.05, 4.69) is 10.5 Å². The summed E-state index contributed by atoms with van der Waals surface area (Å²) in [7, 11) is -3.88. The molecule has 0 heterocycles. The first-order valence-electron chi connectivity index (χ1n) is 9.73. The van der Waals surface area contributed by atoms with Gasteiger partial charge in [-0.3, -0.25) is 4.79 Å². The van der Waals surface area contributed by atoms with Crippen molar-refractivity contribution in [3.8, 4) is 0 Å². The molecule has 1 amide bonds. The van der Waals surface area contributed by atoms with Crippen molar-refractivity contribution < 1.29 is 13.2 Å². The molecule has 1 N–H and O–H groups in total. The predicted octanol–water partition coefficient (Wildman–Crippen LogP) is 4.38. The zero-order valence-corrected chi connectivity index (χ0v) is 19.3. The number of nitrogens with one attached hydrogen (secondary N) is 1. The SMILES string of the molecule is O=C(CN(CCc1ccccc1)S(=O)(=O)c1ccccc1)N/N=C/c1c(Cl)cccc1Cl. The number of sulfonamides is 1. The van der Waals surface area contributed by atoms with Crippen molar-refractivity contribution in [2.24, 2.45) is 5.10 Å². The molecule has 0 unspecified atom stereocenters. The van der Waals surface area contributed by atoms with E-state index in [1.54, 1.807) is 36.4 Å². The Kier molecular flexibility index (Phi) is 8.41. The van der Waals surface area contributed by atoms with Crippen molar-refractivity contribution >= 4 is 45.3 Å². The van der Waals surface area contributed by atoms with Crippen molar-refractivity contribution in [1.82, 2.24) is 9.73 Å². The van der Waals surface area contributed by atoms with E-state index < -0.39 is 22.5 Å². The van der Waals surface area contributed by atoms with Crippen LogP contribution in [-0.2, 0) is 21.2 Å². The van der Waals surface area contributed by atoms with E-state index in [0.717, 1.165) is 9.87 Å². The summed E-state index contributed by atoms with van der Waals surface area (Å²) in [4.78, 5) is 12.6. The Morgan fingerprint density at radius 3 is 2.12 bits per heavy atom. The van der Waals surface area contributed by atoms with Gasteiger partial charge in [0.15, 0.2) is 0 Å². The second kappa shape index (κ2) is 11.2. The third kappa shape index (κ3) is 6.40. The molecule has 0 fully saturated rings. The first-order valence-corrected chi connectivity index (χ1v) is 11.9. The molecule has 0 radical (unpaired) electrons. The monoisotopic (exact) mass is 489 g/mol. The zero-order valence-electron chi connectivity index (χ0n) is 17.0. The summed E-state index contributed by atoms with van der Waals surface area (Å²) in [5.74, 6) is -0.586. The minimum Gasteiger partial charge on any atom is -0.272 e. The second-order valence-corrected chi connectivity index (χ2v) is 9.57. The fraction of sp³-hybridized carbons (Fsp3) is 0.130. The average molecular weight is 490 g/mol. The molecule has 0 aliphatic carbocycles. The second-order valence-electron chi connectivity index (χ2n) is 6.82. The van der Waals surface area contributed by atoms with Crippen LogP contribution in [0.1, 0.15) is 11.1 Å². The summed E-state index contributed by atoms with van der Waals surface area (Å²) in [6.07, 6.45) is 1.78. The first-order chi connectivity index (χ1) is 15.4. The zero-order chi connectivity index (χ0) is 23.0. The van der Waals surface area contributed by atoms with Gasteiger partial charge in [0.05, 0.1) is 27.7 Å². The number of hydrogen-bond acceptors (Lipinski definition) is 4. The van der Waals surface area contributed by atoms with E-state index in [4.69, 9.17) is 23.2 Å². The van der Waals surface area contributed by atoms with E-state index in [1.807, 2.05) is 30.3 Å². The van der Waals surface area contributed by atoms with Crippen molar-refractivity contribution in [2.45, 2.75) is 11.3 Å². The lowest BCUT2D eigenvalue weighted by atomic mass is 10.1. The highest BCUT2D eigenvalue weighted by molar-refractivity contribution is 7.89. The fourth-order valence-electron chi connectivity index (χ4n) is 2.92. The Bertz CT molecular complexity index is 1170. The Morgan fingerprint density at radius 2 is 1.50 bits per heavy atom. The molecule has 0 atom stereocenters. The number of hydrogen-bond donors (Lipinski definition) is 1. The van der Waals surface area contributed by atoms with E-state index >= 15 is 0 Å². The van der Waals surface area contributed by atoms with Crippen molar-refractivity contribution in [3.63, 3.8) is 0 Å².